The summed E-state index contributed by atoms with van der Waals surface area (Å²) >= 11 is 1.59. The van der Waals surface area contributed by atoms with Crippen LogP contribution in [0.3, 0.4) is 0 Å². The summed E-state index contributed by atoms with van der Waals surface area (Å²) in [6.45, 7) is 2.90. The number of pyridine rings is 1. The SMILES string of the molecule is CCCn1c(SCc2cn3ccccc3n2)nc2cc(S(N)(=O)=O)ccc21. The van der Waals surface area contributed by atoms with Crippen LogP contribution in [0, 0.1) is 0 Å². The van der Waals surface area contributed by atoms with Gasteiger partial charge in [0.05, 0.1) is 21.6 Å². The first kappa shape index (κ1) is 18.0. The van der Waals surface area contributed by atoms with Crippen LogP contribution in [0.25, 0.3) is 16.7 Å². The van der Waals surface area contributed by atoms with Crippen molar-refractivity contribution in [3.63, 3.8) is 0 Å². The predicted molar refractivity (Wildman–Crippen MR) is 106 cm³/mol. The van der Waals surface area contributed by atoms with Crippen molar-refractivity contribution >= 4 is 38.5 Å². The molecule has 0 aliphatic rings. The molecular weight excluding hydrogens is 382 g/mol. The number of hydrogen-bond acceptors (Lipinski definition) is 5. The maximum atomic E-state index is 11.6. The van der Waals surface area contributed by atoms with E-state index in [0.717, 1.165) is 35.0 Å². The van der Waals surface area contributed by atoms with E-state index < -0.39 is 10.0 Å². The molecule has 0 fully saturated rings. The molecule has 0 unspecified atom stereocenters. The standard InChI is InChI=1S/C18H19N5O2S2/c1-2-8-23-16-7-6-14(27(19,24)25)10-15(16)21-18(23)26-12-13-11-22-9-4-3-5-17(22)20-13/h3-7,9-11H,2,8,12H2,1H3,(H2,19,24,25). The third-order valence-electron chi connectivity index (χ3n) is 4.22. The number of hydrogen-bond donors (Lipinski definition) is 1. The number of benzene rings is 1. The van der Waals surface area contributed by atoms with Crippen molar-refractivity contribution in [2.24, 2.45) is 5.14 Å². The topological polar surface area (TPSA) is 95.3 Å². The van der Waals surface area contributed by atoms with E-state index in [4.69, 9.17) is 5.14 Å². The molecule has 1 aromatic carbocycles. The summed E-state index contributed by atoms with van der Waals surface area (Å²) in [7, 11) is -3.75. The minimum Gasteiger partial charge on any atom is -0.319 e. The van der Waals surface area contributed by atoms with Gasteiger partial charge in [0.2, 0.25) is 10.0 Å². The number of fused-ring (bicyclic) bond motifs is 2. The molecular formula is C18H19N5O2S2. The van der Waals surface area contributed by atoms with Crippen molar-refractivity contribution < 1.29 is 8.42 Å². The Labute approximate surface area is 161 Å². The van der Waals surface area contributed by atoms with Crippen LogP contribution in [0.4, 0.5) is 0 Å². The van der Waals surface area contributed by atoms with Gasteiger partial charge in [-0.2, -0.15) is 0 Å². The van der Waals surface area contributed by atoms with Crippen LogP contribution in [0.1, 0.15) is 19.0 Å². The molecule has 0 aliphatic heterocycles. The first-order valence-corrected chi connectivity index (χ1v) is 11.1. The Morgan fingerprint density at radius 3 is 2.78 bits per heavy atom. The second kappa shape index (κ2) is 6.99. The Bertz CT molecular complexity index is 1190. The van der Waals surface area contributed by atoms with E-state index in [1.165, 1.54) is 12.1 Å². The van der Waals surface area contributed by atoms with Crippen molar-refractivity contribution in [1.29, 1.82) is 0 Å². The maximum Gasteiger partial charge on any atom is 0.238 e. The summed E-state index contributed by atoms with van der Waals surface area (Å²) in [5.74, 6) is 0.677. The molecule has 3 heterocycles. The fourth-order valence-electron chi connectivity index (χ4n) is 3.01. The Balaban J connectivity index is 1.67. The number of rotatable bonds is 6. The number of aryl methyl sites for hydroxylation is 1. The quantitative estimate of drug-likeness (QED) is 0.501. The van der Waals surface area contributed by atoms with Gasteiger partial charge in [0.1, 0.15) is 5.65 Å². The number of sulfonamides is 1. The highest BCUT2D eigenvalue weighted by Crippen LogP contribution is 2.28. The molecule has 27 heavy (non-hydrogen) atoms. The van der Waals surface area contributed by atoms with Crippen LogP contribution < -0.4 is 5.14 Å². The molecule has 0 spiro atoms. The molecule has 140 valence electrons. The van der Waals surface area contributed by atoms with E-state index in [1.807, 2.05) is 35.0 Å². The minimum absolute atomic E-state index is 0.0769. The number of primary sulfonamides is 1. The van der Waals surface area contributed by atoms with Crippen LogP contribution in [-0.4, -0.2) is 27.4 Å². The van der Waals surface area contributed by atoms with Crippen molar-refractivity contribution in [2.75, 3.05) is 0 Å². The number of nitrogens with two attached hydrogens (primary N) is 1. The molecule has 4 rings (SSSR count). The van der Waals surface area contributed by atoms with Gasteiger partial charge >= 0.3 is 0 Å². The fourth-order valence-corrected chi connectivity index (χ4v) is 4.47. The fraction of sp³-hybridized carbons (Fsp3) is 0.222. The van der Waals surface area contributed by atoms with Crippen molar-refractivity contribution in [3.05, 3.63) is 54.5 Å². The smallest absolute Gasteiger partial charge is 0.238 e. The Kier molecular flexibility index (Phi) is 4.67. The molecule has 0 radical (unpaired) electrons. The van der Waals surface area contributed by atoms with E-state index >= 15 is 0 Å². The Morgan fingerprint density at radius 1 is 1.19 bits per heavy atom. The minimum atomic E-state index is -3.75. The first-order valence-electron chi connectivity index (χ1n) is 8.54. The highest BCUT2D eigenvalue weighted by Gasteiger charge is 2.15. The van der Waals surface area contributed by atoms with Crippen LogP contribution in [0.2, 0.25) is 0 Å². The maximum absolute atomic E-state index is 11.6. The lowest BCUT2D eigenvalue weighted by Crippen LogP contribution is -2.11. The summed E-state index contributed by atoms with van der Waals surface area (Å²) in [5, 5.41) is 6.09. The van der Waals surface area contributed by atoms with Crippen LogP contribution in [0.5, 0.6) is 0 Å². The largest absolute Gasteiger partial charge is 0.319 e. The monoisotopic (exact) mass is 401 g/mol. The summed E-state index contributed by atoms with van der Waals surface area (Å²) in [6, 6.07) is 10.7. The Hall–Kier alpha value is -2.36. The number of thioether (sulfide) groups is 1. The number of aromatic nitrogens is 4. The van der Waals surface area contributed by atoms with Gasteiger partial charge in [-0.25, -0.2) is 23.5 Å². The van der Waals surface area contributed by atoms with Gasteiger partial charge in [0, 0.05) is 24.7 Å². The van der Waals surface area contributed by atoms with E-state index in [-0.39, 0.29) is 4.90 Å². The van der Waals surface area contributed by atoms with E-state index in [1.54, 1.807) is 17.8 Å². The average molecular weight is 402 g/mol. The van der Waals surface area contributed by atoms with Crippen molar-refractivity contribution in [3.8, 4) is 0 Å². The van der Waals surface area contributed by atoms with Gasteiger partial charge in [-0.05, 0) is 36.8 Å². The summed E-state index contributed by atoms with van der Waals surface area (Å²) in [5.41, 5.74) is 3.41. The van der Waals surface area contributed by atoms with Crippen LogP contribution in [-0.2, 0) is 22.3 Å². The third kappa shape index (κ3) is 3.58. The van der Waals surface area contributed by atoms with Crippen molar-refractivity contribution in [2.45, 2.75) is 35.7 Å². The molecule has 7 nitrogen and oxygen atoms in total. The van der Waals surface area contributed by atoms with Crippen molar-refractivity contribution in [1.82, 2.24) is 18.9 Å². The molecule has 0 saturated heterocycles. The van der Waals surface area contributed by atoms with Gasteiger partial charge in [0.15, 0.2) is 5.16 Å². The van der Waals surface area contributed by atoms with E-state index in [2.05, 4.69) is 21.5 Å². The average Bonchev–Trinajstić information content (AvgIpc) is 3.20. The number of nitrogens with zero attached hydrogens (tertiary/aromatic N) is 4. The molecule has 0 amide bonds. The van der Waals surface area contributed by atoms with Gasteiger partial charge in [-0.15, -0.1) is 0 Å². The molecule has 3 aromatic heterocycles. The molecule has 0 bridgehead atoms. The lowest BCUT2D eigenvalue weighted by Gasteiger charge is -2.06. The predicted octanol–water partition coefficient (Wildman–Crippen LogP) is 3.03. The lowest BCUT2D eigenvalue weighted by atomic mass is 10.3. The van der Waals surface area contributed by atoms with Crippen LogP contribution >= 0.6 is 11.8 Å². The van der Waals surface area contributed by atoms with Gasteiger partial charge in [-0.3, -0.25) is 0 Å². The van der Waals surface area contributed by atoms with Gasteiger partial charge in [-0.1, -0.05) is 24.8 Å². The number of imidazole rings is 2. The highest BCUT2D eigenvalue weighted by molar-refractivity contribution is 7.98. The van der Waals surface area contributed by atoms with E-state index in [9.17, 15) is 8.42 Å². The lowest BCUT2D eigenvalue weighted by molar-refractivity contribution is 0.598. The molecule has 2 N–H and O–H groups in total. The van der Waals surface area contributed by atoms with Gasteiger partial charge < -0.3 is 8.97 Å². The molecule has 0 saturated carbocycles. The third-order valence-corrected chi connectivity index (χ3v) is 6.14. The molecule has 0 aliphatic carbocycles. The van der Waals surface area contributed by atoms with Crippen LogP contribution in [0.15, 0.2) is 58.8 Å². The Morgan fingerprint density at radius 2 is 2.04 bits per heavy atom. The first-order chi connectivity index (χ1) is 13.0. The zero-order valence-corrected chi connectivity index (χ0v) is 16.4. The summed E-state index contributed by atoms with van der Waals surface area (Å²) < 4.78 is 27.3. The second-order valence-electron chi connectivity index (χ2n) is 6.23. The summed E-state index contributed by atoms with van der Waals surface area (Å²) in [4.78, 5) is 9.34. The molecule has 0 atom stereocenters. The normalized spacial score (nSPS) is 12.2. The summed E-state index contributed by atoms with van der Waals surface area (Å²) in [6.07, 6.45) is 4.93. The van der Waals surface area contributed by atoms with E-state index in [0.29, 0.717) is 11.3 Å². The van der Waals surface area contributed by atoms with Gasteiger partial charge in [0.25, 0.3) is 0 Å². The highest BCUT2D eigenvalue weighted by atomic mass is 32.2. The second-order valence-corrected chi connectivity index (χ2v) is 8.73. The zero-order valence-electron chi connectivity index (χ0n) is 14.7. The zero-order chi connectivity index (χ0) is 19.0. The molecule has 9 heteroatoms. The molecule has 4 aromatic rings.